The van der Waals surface area contributed by atoms with Gasteiger partial charge in [0.2, 0.25) is 5.95 Å². The van der Waals surface area contributed by atoms with Crippen LogP contribution < -0.4 is 20.0 Å². The van der Waals surface area contributed by atoms with Crippen molar-refractivity contribution in [2.45, 2.75) is 13.1 Å². The molecule has 5 rings (SSSR count). The van der Waals surface area contributed by atoms with Crippen molar-refractivity contribution >= 4 is 17.6 Å². The summed E-state index contributed by atoms with van der Waals surface area (Å²) in [6, 6.07) is 9.14. The van der Waals surface area contributed by atoms with Crippen molar-refractivity contribution < 1.29 is 17.6 Å². The zero-order valence-corrected chi connectivity index (χ0v) is 19.9. The Labute approximate surface area is 206 Å². The lowest BCUT2D eigenvalue weighted by Gasteiger charge is -2.37. The summed E-state index contributed by atoms with van der Waals surface area (Å²) in [6.45, 7) is 6.59. The quantitative estimate of drug-likeness (QED) is 0.547. The Morgan fingerprint density at radius 3 is 2.28 bits per heavy atom. The number of hydrogen-bond acceptors (Lipinski definition) is 7. The maximum atomic E-state index is 13.9. The summed E-state index contributed by atoms with van der Waals surface area (Å²) in [6.07, 6.45) is -3.08. The summed E-state index contributed by atoms with van der Waals surface area (Å²) >= 11 is 0. The van der Waals surface area contributed by atoms with Gasteiger partial charge in [0.1, 0.15) is 17.5 Å². The molecule has 2 aliphatic heterocycles. The van der Waals surface area contributed by atoms with Gasteiger partial charge in [0.05, 0.1) is 11.3 Å². The number of halogens is 4. The van der Waals surface area contributed by atoms with Gasteiger partial charge in [-0.1, -0.05) is 0 Å². The first-order chi connectivity index (χ1) is 17.3. The number of anilines is 3. The van der Waals surface area contributed by atoms with Crippen LogP contribution in [0.25, 0.3) is 11.3 Å². The molecule has 2 aromatic heterocycles. The average Bonchev–Trinajstić information content (AvgIpc) is 2.90. The third-order valence-corrected chi connectivity index (χ3v) is 6.55. The van der Waals surface area contributed by atoms with Crippen LogP contribution in [0.4, 0.5) is 35.1 Å². The first-order valence-electron chi connectivity index (χ1n) is 11.9. The first kappa shape index (κ1) is 24.2. The number of benzene rings is 1. The predicted octanol–water partition coefficient (Wildman–Crippen LogP) is 3.74. The number of aromatic nitrogens is 3. The molecular formula is C25H27F4N7. The second kappa shape index (κ2) is 9.88. The van der Waals surface area contributed by atoms with Crippen LogP contribution in [0.15, 0.2) is 42.6 Å². The van der Waals surface area contributed by atoms with Gasteiger partial charge < -0.3 is 20.0 Å². The van der Waals surface area contributed by atoms with Crippen molar-refractivity contribution in [2.24, 2.45) is 0 Å². The fourth-order valence-electron chi connectivity index (χ4n) is 4.56. The largest absolute Gasteiger partial charge is 0.419 e. The van der Waals surface area contributed by atoms with E-state index in [2.05, 4.69) is 20.1 Å². The van der Waals surface area contributed by atoms with E-state index < -0.39 is 11.7 Å². The minimum Gasteiger partial charge on any atom is -0.353 e. The Bertz CT molecular complexity index is 1220. The van der Waals surface area contributed by atoms with Crippen LogP contribution in [0.2, 0.25) is 0 Å². The SMILES string of the molecule is Cc1cc(-c2cc(N3CCN(c4ncccc4C(F)(F)F)CC3)nc(N3CCNCC3)n2)ccc1F. The van der Waals surface area contributed by atoms with E-state index in [0.717, 1.165) is 37.8 Å². The predicted molar refractivity (Wildman–Crippen MR) is 131 cm³/mol. The Balaban J connectivity index is 1.43. The normalized spacial score (nSPS) is 17.0. The summed E-state index contributed by atoms with van der Waals surface area (Å²) in [7, 11) is 0. The van der Waals surface area contributed by atoms with E-state index in [1.807, 2.05) is 6.07 Å². The van der Waals surface area contributed by atoms with E-state index in [9.17, 15) is 17.6 Å². The summed E-state index contributed by atoms with van der Waals surface area (Å²) in [5, 5.41) is 3.32. The number of pyridine rings is 1. The molecule has 2 aliphatic rings. The van der Waals surface area contributed by atoms with Crippen molar-refractivity contribution in [2.75, 3.05) is 67.1 Å². The summed E-state index contributed by atoms with van der Waals surface area (Å²) in [5.74, 6) is 0.972. The Kier molecular flexibility index (Phi) is 6.65. The maximum Gasteiger partial charge on any atom is 0.419 e. The van der Waals surface area contributed by atoms with Crippen LogP contribution in [0.1, 0.15) is 11.1 Å². The number of nitrogens with zero attached hydrogens (tertiary/aromatic N) is 6. The fraction of sp³-hybridized carbons (Fsp3) is 0.400. The van der Waals surface area contributed by atoms with Crippen LogP contribution in [-0.2, 0) is 6.18 Å². The Morgan fingerprint density at radius 2 is 1.58 bits per heavy atom. The first-order valence-corrected chi connectivity index (χ1v) is 11.9. The minimum atomic E-state index is -4.46. The molecule has 0 saturated carbocycles. The summed E-state index contributed by atoms with van der Waals surface area (Å²) < 4.78 is 54.4. The molecule has 36 heavy (non-hydrogen) atoms. The second-order valence-electron chi connectivity index (χ2n) is 8.96. The molecule has 1 aromatic carbocycles. The number of piperazine rings is 2. The molecule has 0 atom stereocenters. The van der Waals surface area contributed by atoms with Gasteiger partial charge in [-0.15, -0.1) is 0 Å². The van der Waals surface area contributed by atoms with Crippen molar-refractivity contribution in [1.29, 1.82) is 0 Å². The van der Waals surface area contributed by atoms with Crippen molar-refractivity contribution in [3.63, 3.8) is 0 Å². The van der Waals surface area contributed by atoms with Gasteiger partial charge in [-0.25, -0.2) is 14.4 Å². The number of nitrogens with one attached hydrogen (secondary N) is 1. The Morgan fingerprint density at radius 1 is 0.861 bits per heavy atom. The average molecular weight is 502 g/mol. The molecule has 0 aliphatic carbocycles. The van der Waals surface area contributed by atoms with Gasteiger partial charge in [-0.2, -0.15) is 18.2 Å². The monoisotopic (exact) mass is 501 g/mol. The van der Waals surface area contributed by atoms with Gasteiger partial charge in [0.25, 0.3) is 0 Å². The van der Waals surface area contributed by atoms with Crippen molar-refractivity contribution in [3.8, 4) is 11.3 Å². The van der Waals surface area contributed by atoms with Crippen LogP contribution >= 0.6 is 0 Å². The number of rotatable bonds is 4. The van der Waals surface area contributed by atoms with E-state index in [4.69, 9.17) is 9.97 Å². The van der Waals surface area contributed by atoms with Crippen LogP contribution in [-0.4, -0.2) is 67.3 Å². The molecular weight excluding hydrogens is 474 g/mol. The highest BCUT2D eigenvalue weighted by atomic mass is 19.4. The van der Waals surface area contributed by atoms with Gasteiger partial charge in [-0.3, -0.25) is 0 Å². The maximum absolute atomic E-state index is 13.9. The second-order valence-corrected chi connectivity index (χ2v) is 8.96. The lowest BCUT2D eigenvalue weighted by atomic mass is 10.1. The summed E-state index contributed by atoms with van der Waals surface area (Å²) in [5.41, 5.74) is 1.27. The highest BCUT2D eigenvalue weighted by Crippen LogP contribution is 2.36. The molecule has 0 amide bonds. The topological polar surface area (TPSA) is 60.4 Å². The zero-order valence-electron chi connectivity index (χ0n) is 19.9. The molecule has 2 saturated heterocycles. The molecule has 0 spiro atoms. The smallest absolute Gasteiger partial charge is 0.353 e. The molecule has 1 N–H and O–H groups in total. The van der Waals surface area contributed by atoms with E-state index in [1.165, 1.54) is 18.3 Å². The highest BCUT2D eigenvalue weighted by Gasteiger charge is 2.36. The molecule has 0 unspecified atom stereocenters. The molecule has 11 heteroatoms. The molecule has 2 fully saturated rings. The minimum absolute atomic E-state index is 0.0451. The Hall–Kier alpha value is -3.47. The number of aryl methyl sites for hydroxylation is 1. The number of hydrogen-bond donors (Lipinski definition) is 1. The molecule has 0 radical (unpaired) electrons. The molecule has 190 valence electrons. The lowest BCUT2D eigenvalue weighted by Crippen LogP contribution is -2.48. The molecule has 7 nitrogen and oxygen atoms in total. The van der Waals surface area contributed by atoms with Gasteiger partial charge >= 0.3 is 6.18 Å². The van der Waals surface area contributed by atoms with Crippen LogP contribution in [0.5, 0.6) is 0 Å². The molecule has 4 heterocycles. The van der Waals surface area contributed by atoms with E-state index >= 15 is 0 Å². The third-order valence-electron chi connectivity index (χ3n) is 6.55. The van der Waals surface area contributed by atoms with E-state index in [0.29, 0.717) is 49.2 Å². The highest BCUT2D eigenvalue weighted by molar-refractivity contribution is 5.66. The zero-order chi connectivity index (χ0) is 25.3. The van der Waals surface area contributed by atoms with Gasteiger partial charge in [-0.05, 0) is 42.8 Å². The number of alkyl halides is 3. The van der Waals surface area contributed by atoms with Crippen molar-refractivity contribution in [3.05, 3.63) is 59.5 Å². The van der Waals surface area contributed by atoms with Crippen LogP contribution in [0.3, 0.4) is 0 Å². The molecule has 3 aromatic rings. The van der Waals surface area contributed by atoms with Crippen LogP contribution in [0, 0.1) is 12.7 Å². The lowest BCUT2D eigenvalue weighted by molar-refractivity contribution is -0.137. The van der Waals surface area contributed by atoms with Crippen molar-refractivity contribution in [1.82, 2.24) is 20.3 Å². The van der Waals surface area contributed by atoms with Gasteiger partial charge in [0.15, 0.2) is 0 Å². The summed E-state index contributed by atoms with van der Waals surface area (Å²) in [4.78, 5) is 19.5. The molecule has 0 bridgehead atoms. The third kappa shape index (κ3) is 5.06. The van der Waals surface area contributed by atoms with E-state index in [1.54, 1.807) is 24.0 Å². The van der Waals surface area contributed by atoms with Gasteiger partial charge in [0, 0.05) is 70.2 Å². The van der Waals surface area contributed by atoms with E-state index in [-0.39, 0.29) is 11.6 Å². The standard InChI is InChI=1S/C25H27F4N7/c1-17-15-18(4-5-20(17)26)21-16-22(33-24(32-21)36-9-7-30-8-10-36)34-11-13-35(14-12-34)23-19(25(27,28)29)3-2-6-31-23/h2-6,15-16,30H,7-14H2,1H3. The fourth-order valence-corrected chi connectivity index (χ4v) is 4.56.